The van der Waals surface area contributed by atoms with Gasteiger partial charge in [0.15, 0.2) is 0 Å². The van der Waals surface area contributed by atoms with Gasteiger partial charge in [0.05, 0.1) is 6.61 Å². The first kappa shape index (κ1) is 11.9. The van der Waals surface area contributed by atoms with Crippen LogP contribution in [-0.4, -0.2) is 19.6 Å². The minimum atomic E-state index is -4.22. The minimum absolute atomic E-state index is 0.100. The molecule has 4 nitrogen and oxygen atoms in total. The average Bonchev–Trinajstić information content (AvgIpc) is 2.28. The summed E-state index contributed by atoms with van der Waals surface area (Å²) in [6.07, 6.45) is 0. The molecule has 0 heterocycles. The fraction of sp³-hybridized carbons (Fsp3) is 0.167. The molecule has 90 valence electrons. The molecule has 0 unspecified atom stereocenters. The third kappa shape index (κ3) is 2.25. The second-order valence-corrected chi connectivity index (χ2v) is 4.91. The molecule has 0 amide bonds. The molecule has 1 N–H and O–H groups in total. The lowest BCUT2D eigenvalue weighted by atomic mass is 10.1. The lowest BCUT2D eigenvalue weighted by Crippen LogP contribution is -2.00. The zero-order chi connectivity index (χ0) is 12.5. The first-order chi connectivity index (χ1) is 8.04. The molecule has 0 atom stereocenters. The van der Waals surface area contributed by atoms with Gasteiger partial charge >= 0.3 is 0 Å². The van der Waals surface area contributed by atoms with E-state index < -0.39 is 10.1 Å². The van der Waals surface area contributed by atoms with Crippen molar-refractivity contribution in [3.05, 3.63) is 36.4 Å². The highest BCUT2D eigenvalue weighted by Crippen LogP contribution is 2.30. The second-order valence-electron chi connectivity index (χ2n) is 3.52. The maximum absolute atomic E-state index is 11.2. The smallest absolute Gasteiger partial charge is 0.295 e. The second kappa shape index (κ2) is 4.35. The van der Waals surface area contributed by atoms with Gasteiger partial charge in [-0.3, -0.25) is 4.55 Å². The Bertz CT molecular complexity index is 647. The Morgan fingerprint density at radius 1 is 1.12 bits per heavy atom. The van der Waals surface area contributed by atoms with Gasteiger partial charge in [-0.2, -0.15) is 8.42 Å². The predicted molar refractivity (Wildman–Crippen MR) is 64.9 cm³/mol. The van der Waals surface area contributed by atoms with Crippen LogP contribution in [0.1, 0.15) is 6.92 Å². The zero-order valence-corrected chi connectivity index (χ0v) is 10.1. The van der Waals surface area contributed by atoms with E-state index in [0.717, 1.165) is 0 Å². The molecule has 0 bridgehead atoms. The molecular formula is C12H12O4S. The van der Waals surface area contributed by atoms with Crippen molar-refractivity contribution in [2.24, 2.45) is 0 Å². The Morgan fingerprint density at radius 2 is 1.76 bits per heavy atom. The average molecular weight is 252 g/mol. The topological polar surface area (TPSA) is 63.6 Å². The first-order valence-corrected chi connectivity index (χ1v) is 6.60. The normalized spacial score (nSPS) is 11.6. The molecule has 0 aromatic heterocycles. The van der Waals surface area contributed by atoms with Crippen molar-refractivity contribution in [2.75, 3.05) is 6.61 Å². The van der Waals surface area contributed by atoms with Gasteiger partial charge in [0, 0.05) is 10.8 Å². The van der Waals surface area contributed by atoms with E-state index in [0.29, 0.717) is 23.1 Å². The third-order valence-corrected chi connectivity index (χ3v) is 3.33. The van der Waals surface area contributed by atoms with E-state index in [4.69, 9.17) is 9.29 Å². The van der Waals surface area contributed by atoms with Gasteiger partial charge in [-0.15, -0.1) is 0 Å². The van der Waals surface area contributed by atoms with Crippen molar-refractivity contribution < 1.29 is 17.7 Å². The van der Waals surface area contributed by atoms with Crippen LogP contribution < -0.4 is 4.74 Å². The summed E-state index contributed by atoms with van der Waals surface area (Å²) in [7, 11) is -4.22. The summed E-state index contributed by atoms with van der Waals surface area (Å²) >= 11 is 0. The quantitative estimate of drug-likeness (QED) is 0.852. The van der Waals surface area contributed by atoms with E-state index in [-0.39, 0.29) is 4.90 Å². The van der Waals surface area contributed by atoms with Gasteiger partial charge in [-0.05, 0) is 19.1 Å². The zero-order valence-electron chi connectivity index (χ0n) is 9.25. The van der Waals surface area contributed by atoms with Crippen molar-refractivity contribution in [1.82, 2.24) is 0 Å². The molecule has 0 fully saturated rings. The summed E-state index contributed by atoms with van der Waals surface area (Å²) in [5.74, 6) is 0.607. The first-order valence-electron chi connectivity index (χ1n) is 5.16. The molecule has 0 aliphatic heterocycles. The molecule has 2 aromatic carbocycles. The van der Waals surface area contributed by atoms with Crippen molar-refractivity contribution >= 4 is 20.9 Å². The fourth-order valence-electron chi connectivity index (χ4n) is 1.76. The number of hydrogen-bond donors (Lipinski definition) is 1. The van der Waals surface area contributed by atoms with Crippen molar-refractivity contribution in [1.29, 1.82) is 0 Å². The van der Waals surface area contributed by atoms with Gasteiger partial charge in [0.1, 0.15) is 10.6 Å². The third-order valence-electron chi connectivity index (χ3n) is 2.42. The summed E-state index contributed by atoms with van der Waals surface area (Å²) in [5, 5.41) is 1.13. The van der Waals surface area contributed by atoms with Crippen LogP contribution in [0, 0.1) is 0 Å². The van der Waals surface area contributed by atoms with Crippen molar-refractivity contribution in [2.45, 2.75) is 11.8 Å². The van der Waals surface area contributed by atoms with Gasteiger partial charge in [-0.25, -0.2) is 0 Å². The Kier molecular flexibility index (Phi) is 3.04. The molecule has 0 saturated heterocycles. The summed E-state index contributed by atoms with van der Waals surface area (Å²) in [6, 6.07) is 9.80. The highest BCUT2D eigenvalue weighted by atomic mass is 32.2. The predicted octanol–water partition coefficient (Wildman–Crippen LogP) is 2.49. The van der Waals surface area contributed by atoms with E-state index in [1.54, 1.807) is 30.3 Å². The van der Waals surface area contributed by atoms with E-state index >= 15 is 0 Å². The van der Waals surface area contributed by atoms with Crippen LogP contribution in [0.2, 0.25) is 0 Å². The van der Waals surface area contributed by atoms with Gasteiger partial charge in [0.25, 0.3) is 10.1 Å². The van der Waals surface area contributed by atoms with Crippen LogP contribution in [0.25, 0.3) is 10.8 Å². The molecule has 2 aromatic rings. The largest absolute Gasteiger partial charge is 0.493 e. The highest BCUT2D eigenvalue weighted by molar-refractivity contribution is 7.86. The van der Waals surface area contributed by atoms with E-state index in [9.17, 15) is 8.42 Å². The Morgan fingerprint density at radius 3 is 2.41 bits per heavy atom. The lowest BCUT2D eigenvalue weighted by molar-refractivity contribution is 0.344. The number of benzene rings is 2. The summed E-state index contributed by atoms with van der Waals surface area (Å²) in [5.41, 5.74) is 0. The Balaban J connectivity index is 2.79. The summed E-state index contributed by atoms with van der Waals surface area (Å²) in [4.78, 5) is -0.100. The van der Waals surface area contributed by atoms with Crippen LogP contribution in [0.4, 0.5) is 0 Å². The highest BCUT2D eigenvalue weighted by Gasteiger charge is 2.14. The molecule has 0 radical (unpaired) electrons. The molecular weight excluding hydrogens is 240 g/mol. The summed E-state index contributed by atoms with van der Waals surface area (Å²) in [6.45, 7) is 2.35. The van der Waals surface area contributed by atoms with Gasteiger partial charge in [-0.1, -0.05) is 24.3 Å². The molecule has 5 heteroatoms. The van der Waals surface area contributed by atoms with Crippen molar-refractivity contribution in [3.63, 3.8) is 0 Å². The fourth-order valence-corrected chi connectivity index (χ4v) is 2.47. The molecule has 0 spiro atoms. The number of ether oxygens (including phenoxy) is 1. The SMILES string of the molecule is CCOc1cccc2c(S(=O)(=O)O)cccc12. The maximum Gasteiger partial charge on any atom is 0.295 e. The van der Waals surface area contributed by atoms with Crippen LogP contribution in [0.15, 0.2) is 41.3 Å². The van der Waals surface area contributed by atoms with Crippen LogP contribution in [-0.2, 0) is 10.1 Å². The van der Waals surface area contributed by atoms with Crippen molar-refractivity contribution in [3.8, 4) is 5.75 Å². The number of rotatable bonds is 3. The van der Waals surface area contributed by atoms with Gasteiger partial charge in [0.2, 0.25) is 0 Å². The minimum Gasteiger partial charge on any atom is -0.493 e. The molecule has 2 rings (SSSR count). The molecule has 17 heavy (non-hydrogen) atoms. The number of fused-ring (bicyclic) bond motifs is 1. The Hall–Kier alpha value is -1.59. The van der Waals surface area contributed by atoms with E-state index in [1.165, 1.54) is 6.07 Å². The standard InChI is InChI=1S/C12H12O4S/c1-2-16-11-7-3-6-10-9(11)5-4-8-12(10)17(13,14)15/h3-8H,2H2,1H3,(H,13,14,15). The molecule has 0 aliphatic rings. The number of hydrogen-bond acceptors (Lipinski definition) is 3. The monoisotopic (exact) mass is 252 g/mol. The lowest BCUT2D eigenvalue weighted by Gasteiger charge is -2.09. The maximum atomic E-state index is 11.2. The Labute approximate surface area is 99.6 Å². The van der Waals surface area contributed by atoms with Crippen LogP contribution >= 0.6 is 0 Å². The van der Waals surface area contributed by atoms with Crippen LogP contribution in [0.3, 0.4) is 0 Å². The van der Waals surface area contributed by atoms with Gasteiger partial charge < -0.3 is 4.74 Å². The molecule has 0 saturated carbocycles. The van der Waals surface area contributed by atoms with E-state index in [2.05, 4.69) is 0 Å². The van der Waals surface area contributed by atoms with E-state index in [1.807, 2.05) is 6.92 Å². The van der Waals surface area contributed by atoms with Crippen LogP contribution in [0.5, 0.6) is 5.75 Å². The summed E-state index contributed by atoms with van der Waals surface area (Å²) < 4.78 is 37.0. The molecule has 0 aliphatic carbocycles.